The molecule has 0 saturated heterocycles. The van der Waals surface area contributed by atoms with E-state index in [1.807, 2.05) is 52.0 Å². The number of nitrogens with two attached hydrogens (primary N) is 1. The van der Waals surface area contributed by atoms with Crippen molar-refractivity contribution in [2.75, 3.05) is 10.6 Å². The minimum Gasteiger partial charge on any atom is -0.326 e. The van der Waals surface area contributed by atoms with Crippen LogP contribution in [0.2, 0.25) is 0 Å². The minimum absolute atomic E-state index is 0.0727. The average molecular weight is 339 g/mol. The van der Waals surface area contributed by atoms with Gasteiger partial charge in [-0.1, -0.05) is 39.0 Å². The molecule has 0 heterocycles. The third kappa shape index (κ3) is 4.90. The van der Waals surface area contributed by atoms with Gasteiger partial charge in [-0.25, -0.2) is 0 Å². The van der Waals surface area contributed by atoms with Crippen LogP contribution in [0.5, 0.6) is 0 Å². The first kappa shape index (κ1) is 18.7. The molecule has 0 bridgehead atoms. The molecule has 132 valence electrons. The van der Waals surface area contributed by atoms with Gasteiger partial charge in [0, 0.05) is 28.9 Å². The normalized spacial score (nSPS) is 11.1. The molecule has 0 saturated carbocycles. The van der Waals surface area contributed by atoms with E-state index in [2.05, 4.69) is 10.6 Å². The Morgan fingerprint density at radius 1 is 1.00 bits per heavy atom. The van der Waals surface area contributed by atoms with Gasteiger partial charge in [-0.15, -0.1) is 0 Å². The maximum atomic E-state index is 12.4. The van der Waals surface area contributed by atoms with Crippen LogP contribution in [0.15, 0.2) is 42.5 Å². The van der Waals surface area contributed by atoms with E-state index in [1.54, 1.807) is 18.2 Å². The summed E-state index contributed by atoms with van der Waals surface area (Å²) in [5.74, 6) is -0.281. The van der Waals surface area contributed by atoms with Crippen LogP contribution in [0.3, 0.4) is 0 Å². The van der Waals surface area contributed by atoms with E-state index in [-0.39, 0.29) is 11.8 Å². The van der Waals surface area contributed by atoms with Crippen molar-refractivity contribution < 1.29 is 9.59 Å². The van der Waals surface area contributed by atoms with Crippen molar-refractivity contribution in [2.45, 2.75) is 34.2 Å². The number of carbonyl (C=O) groups is 2. The highest BCUT2D eigenvalue weighted by Crippen LogP contribution is 2.24. The Hall–Kier alpha value is -2.66. The summed E-state index contributed by atoms with van der Waals surface area (Å²) in [5, 5.41) is 5.77. The second-order valence-electron chi connectivity index (χ2n) is 7.09. The number of nitrogens with one attached hydrogen (secondary N) is 2. The topological polar surface area (TPSA) is 84.2 Å². The van der Waals surface area contributed by atoms with E-state index in [0.717, 1.165) is 11.1 Å². The molecule has 0 aliphatic carbocycles. The monoisotopic (exact) mass is 339 g/mol. The van der Waals surface area contributed by atoms with Gasteiger partial charge in [0.2, 0.25) is 5.91 Å². The van der Waals surface area contributed by atoms with Crippen molar-refractivity contribution in [1.29, 1.82) is 0 Å². The van der Waals surface area contributed by atoms with Gasteiger partial charge >= 0.3 is 0 Å². The summed E-state index contributed by atoms with van der Waals surface area (Å²) in [5.41, 5.74) is 8.85. The summed E-state index contributed by atoms with van der Waals surface area (Å²) in [4.78, 5) is 24.6. The second-order valence-corrected chi connectivity index (χ2v) is 7.09. The van der Waals surface area contributed by atoms with Gasteiger partial charge in [0.1, 0.15) is 0 Å². The molecule has 2 amide bonds. The van der Waals surface area contributed by atoms with Gasteiger partial charge in [-0.3, -0.25) is 9.59 Å². The first-order chi connectivity index (χ1) is 11.7. The standard InChI is InChI=1S/C20H25N3O2/c1-13-5-10-16(11-17(13)23-19(25)20(2,3)4)22-18(24)15-8-6-14(12-21)7-9-15/h5-11H,12,21H2,1-4H3,(H,22,24)(H,23,25). The van der Waals surface area contributed by atoms with E-state index >= 15 is 0 Å². The summed E-state index contributed by atoms with van der Waals surface area (Å²) in [7, 11) is 0. The largest absolute Gasteiger partial charge is 0.326 e. The van der Waals surface area contributed by atoms with Crippen molar-refractivity contribution in [1.82, 2.24) is 0 Å². The van der Waals surface area contributed by atoms with E-state index in [9.17, 15) is 9.59 Å². The van der Waals surface area contributed by atoms with Crippen LogP contribution in [0.1, 0.15) is 42.3 Å². The number of anilines is 2. The molecule has 2 rings (SSSR count). The molecule has 0 aliphatic rings. The maximum absolute atomic E-state index is 12.4. The van der Waals surface area contributed by atoms with Gasteiger partial charge in [0.15, 0.2) is 0 Å². The summed E-state index contributed by atoms with van der Waals surface area (Å²) in [6.45, 7) is 7.92. The van der Waals surface area contributed by atoms with Gasteiger partial charge in [-0.2, -0.15) is 0 Å². The smallest absolute Gasteiger partial charge is 0.255 e. The zero-order valence-corrected chi connectivity index (χ0v) is 15.1. The molecular weight excluding hydrogens is 314 g/mol. The second kappa shape index (κ2) is 7.49. The number of benzene rings is 2. The Bertz CT molecular complexity index is 775. The number of rotatable bonds is 4. The lowest BCUT2D eigenvalue weighted by Crippen LogP contribution is -2.28. The predicted molar refractivity (Wildman–Crippen MR) is 102 cm³/mol. The summed E-state index contributed by atoms with van der Waals surface area (Å²) >= 11 is 0. The van der Waals surface area contributed by atoms with Gasteiger partial charge < -0.3 is 16.4 Å². The van der Waals surface area contributed by atoms with Crippen LogP contribution >= 0.6 is 0 Å². The number of hydrogen-bond donors (Lipinski definition) is 3. The van der Waals surface area contributed by atoms with Crippen molar-refractivity contribution in [2.24, 2.45) is 11.1 Å². The molecule has 25 heavy (non-hydrogen) atoms. The maximum Gasteiger partial charge on any atom is 0.255 e. The Kier molecular flexibility index (Phi) is 5.59. The first-order valence-corrected chi connectivity index (χ1v) is 8.23. The molecule has 0 atom stereocenters. The first-order valence-electron chi connectivity index (χ1n) is 8.23. The third-order valence-corrected chi connectivity index (χ3v) is 3.88. The molecule has 5 nitrogen and oxygen atoms in total. The highest BCUT2D eigenvalue weighted by molar-refractivity contribution is 6.05. The SMILES string of the molecule is Cc1ccc(NC(=O)c2ccc(CN)cc2)cc1NC(=O)C(C)(C)C. The van der Waals surface area contributed by atoms with Crippen molar-refractivity contribution >= 4 is 23.2 Å². The zero-order valence-electron chi connectivity index (χ0n) is 15.1. The molecule has 0 aliphatic heterocycles. The Balaban J connectivity index is 2.15. The molecule has 2 aromatic carbocycles. The molecule has 0 fully saturated rings. The summed E-state index contributed by atoms with van der Waals surface area (Å²) in [6.07, 6.45) is 0. The van der Waals surface area contributed by atoms with Crippen LogP contribution in [0, 0.1) is 12.3 Å². The molecular formula is C20H25N3O2. The predicted octanol–water partition coefficient (Wildman–Crippen LogP) is 3.69. The van der Waals surface area contributed by atoms with Crippen molar-refractivity contribution in [3.63, 3.8) is 0 Å². The van der Waals surface area contributed by atoms with E-state index in [4.69, 9.17) is 5.73 Å². The lowest BCUT2D eigenvalue weighted by Gasteiger charge is -2.19. The Labute approximate surface area is 148 Å². The van der Waals surface area contributed by atoms with Gasteiger partial charge in [0.05, 0.1) is 0 Å². The fourth-order valence-corrected chi connectivity index (χ4v) is 2.14. The lowest BCUT2D eigenvalue weighted by molar-refractivity contribution is -0.123. The molecule has 0 aromatic heterocycles. The summed E-state index contributed by atoms with van der Waals surface area (Å²) in [6, 6.07) is 12.6. The number of aryl methyl sites for hydroxylation is 1. The lowest BCUT2D eigenvalue weighted by atomic mass is 9.95. The van der Waals surface area contributed by atoms with Crippen molar-refractivity contribution in [3.8, 4) is 0 Å². The quantitative estimate of drug-likeness (QED) is 0.794. The zero-order chi connectivity index (χ0) is 18.6. The van der Waals surface area contributed by atoms with Gasteiger partial charge in [0.25, 0.3) is 5.91 Å². The average Bonchev–Trinajstić information content (AvgIpc) is 2.57. The number of carbonyl (C=O) groups excluding carboxylic acids is 2. The van der Waals surface area contributed by atoms with Crippen molar-refractivity contribution in [3.05, 3.63) is 59.2 Å². The number of amides is 2. The van der Waals surface area contributed by atoms with E-state index < -0.39 is 5.41 Å². The van der Waals surface area contributed by atoms with Gasteiger partial charge in [-0.05, 0) is 42.3 Å². The fraction of sp³-hybridized carbons (Fsp3) is 0.300. The summed E-state index contributed by atoms with van der Waals surface area (Å²) < 4.78 is 0. The minimum atomic E-state index is -0.490. The molecule has 4 N–H and O–H groups in total. The van der Waals surface area contributed by atoms with Crippen LogP contribution in [0.4, 0.5) is 11.4 Å². The Morgan fingerprint density at radius 2 is 1.64 bits per heavy atom. The molecule has 0 radical (unpaired) electrons. The van der Waals surface area contributed by atoms with Crippen LogP contribution in [-0.2, 0) is 11.3 Å². The van der Waals surface area contributed by atoms with Crippen LogP contribution in [-0.4, -0.2) is 11.8 Å². The molecule has 5 heteroatoms. The van der Waals surface area contributed by atoms with E-state index in [0.29, 0.717) is 23.5 Å². The molecule has 2 aromatic rings. The van der Waals surface area contributed by atoms with E-state index in [1.165, 1.54) is 0 Å². The Morgan fingerprint density at radius 3 is 2.20 bits per heavy atom. The molecule has 0 unspecified atom stereocenters. The molecule has 0 spiro atoms. The third-order valence-electron chi connectivity index (χ3n) is 3.88. The van der Waals surface area contributed by atoms with Crippen LogP contribution < -0.4 is 16.4 Å². The highest BCUT2D eigenvalue weighted by Gasteiger charge is 2.21. The highest BCUT2D eigenvalue weighted by atomic mass is 16.2. The fourth-order valence-electron chi connectivity index (χ4n) is 2.14. The van der Waals surface area contributed by atoms with Crippen LogP contribution in [0.25, 0.3) is 0 Å². The number of hydrogen-bond acceptors (Lipinski definition) is 3.